The number of amides is 4. The van der Waals surface area contributed by atoms with Gasteiger partial charge in [0.2, 0.25) is 11.8 Å². The Morgan fingerprint density at radius 2 is 1.79 bits per heavy atom. The van der Waals surface area contributed by atoms with Crippen molar-refractivity contribution in [3.05, 3.63) is 35.4 Å². The largest absolute Gasteiger partial charge is 0.504 e. The third-order valence-corrected chi connectivity index (χ3v) is 10.2. The Morgan fingerprint density at radius 1 is 1.11 bits per heavy atom. The molecule has 1 aromatic carbocycles. The number of carbonyl (C=O) groups is 4. The number of rotatable bonds is 4. The maximum absolute atomic E-state index is 13.8. The van der Waals surface area contributed by atoms with Gasteiger partial charge in [-0.05, 0) is 64.2 Å². The highest BCUT2D eigenvalue weighted by molar-refractivity contribution is 9.09. The Kier molecular flexibility index (Phi) is 6.48. The lowest BCUT2D eigenvalue weighted by atomic mass is 9.56. The van der Waals surface area contributed by atoms with Crippen molar-refractivity contribution in [2.24, 2.45) is 17.8 Å². The molecule has 38 heavy (non-hydrogen) atoms. The molecular formula is C27H29BrCl2N2O6. The van der Waals surface area contributed by atoms with E-state index in [4.69, 9.17) is 27.9 Å². The van der Waals surface area contributed by atoms with E-state index in [1.165, 1.54) is 11.0 Å². The van der Waals surface area contributed by atoms with Crippen molar-refractivity contribution >= 4 is 62.8 Å². The van der Waals surface area contributed by atoms with Crippen LogP contribution in [0, 0.1) is 17.8 Å². The zero-order chi connectivity index (χ0) is 27.9. The standard InChI is InChI=1S/C27H29BrCl2N2O6/c1-5-38-18-10-13(6-9-17(18)33)20-14-7-8-15-19(22(35)32(21(15)34)25(2,3)4)16(14)11-26(29)23(36)31(12-28)24(37)27(20,26)30/h6-7,9-10,15-16,19-20,33H,5,8,11-12H2,1-4H3. The number of imide groups is 2. The maximum atomic E-state index is 13.8. The van der Waals surface area contributed by atoms with Gasteiger partial charge in [0.1, 0.15) is 0 Å². The number of ether oxygens (including phenoxy) is 1. The molecule has 3 fully saturated rings. The summed E-state index contributed by atoms with van der Waals surface area (Å²) in [5.74, 6) is -4.55. The minimum absolute atomic E-state index is 0.0664. The molecule has 204 valence electrons. The van der Waals surface area contributed by atoms with E-state index < -0.39 is 50.8 Å². The minimum atomic E-state index is -1.90. The third kappa shape index (κ3) is 3.47. The molecule has 1 saturated carbocycles. The van der Waals surface area contributed by atoms with E-state index in [0.717, 1.165) is 4.90 Å². The second-order valence-corrected chi connectivity index (χ2v) is 13.1. The summed E-state index contributed by atoms with van der Waals surface area (Å²) in [7, 11) is 0. The first-order chi connectivity index (χ1) is 17.7. The topological polar surface area (TPSA) is 104 Å². The van der Waals surface area contributed by atoms with E-state index >= 15 is 0 Å². The fourth-order valence-electron chi connectivity index (χ4n) is 6.77. The molecule has 0 aromatic heterocycles. The number of phenolic OH excluding ortho intramolecular Hbond substituents is 1. The van der Waals surface area contributed by atoms with Crippen LogP contribution in [0.5, 0.6) is 11.5 Å². The highest BCUT2D eigenvalue weighted by Crippen LogP contribution is 2.65. The normalized spacial score (nSPS) is 34.8. The van der Waals surface area contributed by atoms with Crippen LogP contribution in [0.4, 0.5) is 0 Å². The molecule has 4 aliphatic rings. The quantitative estimate of drug-likeness (QED) is 0.231. The molecule has 6 unspecified atom stereocenters. The molecule has 2 aliphatic carbocycles. The Hall–Kier alpha value is -2.10. The summed E-state index contributed by atoms with van der Waals surface area (Å²) in [6, 6.07) is 4.66. The van der Waals surface area contributed by atoms with E-state index in [-0.39, 0.29) is 41.8 Å². The van der Waals surface area contributed by atoms with Crippen LogP contribution in [-0.2, 0) is 19.2 Å². The van der Waals surface area contributed by atoms with Gasteiger partial charge in [-0.25, -0.2) is 0 Å². The molecule has 1 aromatic rings. The van der Waals surface area contributed by atoms with Crippen molar-refractivity contribution in [3.8, 4) is 11.5 Å². The van der Waals surface area contributed by atoms with Crippen LogP contribution in [-0.4, -0.2) is 65.9 Å². The van der Waals surface area contributed by atoms with Gasteiger partial charge >= 0.3 is 0 Å². The lowest BCUT2D eigenvalue weighted by Gasteiger charge is -2.50. The number of likely N-dealkylation sites (tertiary alicyclic amines) is 2. The molecule has 5 rings (SSSR count). The summed E-state index contributed by atoms with van der Waals surface area (Å²) in [6.07, 6.45) is 2.12. The van der Waals surface area contributed by atoms with Crippen molar-refractivity contribution in [1.29, 1.82) is 0 Å². The monoisotopic (exact) mass is 626 g/mol. The van der Waals surface area contributed by atoms with Crippen molar-refractivity contribution in [2.75, 3.05) is 12.1 Å². The van der Waals surface area contributed by atoms with Crippen LogP contribution < -0.4 is 4.74 Å². The first-order valence-electron chi connectivity index (χ1n) is 12.6. The summed E-state index contributed by atoms with van der Waals surface area (Å²) in [4.78, 5) is 53.2. The van der Waals surface area contributed by atoms with Crippen molar-refractivity contribution in [1.82, 2.24) is 9.80 Å². The van der Waals surface area contributed by atoms with Gasteiger partial charge in [-0.15, -0.1) is 23.2 Å². The number of aromatic hydroxyl groups is 1. The summed E-state index contributed by atoms with van der Waals surface area (Å²) < 4.78 is 5.60. The minimum Gasteiger partial charge on any atom is -0.504 e. The number of nitrogens with zero attached hydrogens (tertiary/aromatic N) is 2. The van der Waals surface area contributed by atoms with Crippen molar-refractivity contribution < 1.29 is 29.0 Å². The molecule has 1 N–H and O–H groups in total. The Balaban J connectivity index is 1.73. The number of carbonyl (C=O) groups excluding carboxylic acids is 4. The molecule has 2 heterocycles. The van der Waals surface area contributed by atoms with Crippen LogP contribution in [0.2, 0.25) is 0 Å². The van der Waals surface area contributed by atoms with Gasteiger partial charge < -0.3 is 9.84 Å². The second-order valence-electron chi connectivity index (χ2n) is 11.3. The molecule has 11 heteroatoms. The van der Waals surface area contributed by atoms with E-state index in [2.05, 4.69) is 15.9 Å². The van der Waals surface area contributed by atoms with Crippen LogP contribution in [0.15, 0.2) is 29.8 Å². The SMILES string of the molecule is CCOc1cc(C2C3=CCC4C(=O)N(C(C)(C)C)C(=O)C4C3CC3(Cl)C(=O)N(CBr)C(=O)C23Cl)ccc1O. The van der Waals surface area contributed by atoms with Gasteiger partial charge in [-0.2, -0.15) is 0 Å². The molecular weight excluding hydrogens is 599 g/mol. The molecule has 4 amide bonds. The smallest absolute Gasteiger partial charge is 0.254 e. The third-order valence-electron chi connectivity index (χ3n) is 8.30. The molecule has 6 atom stereocenters. The predicted octanol–water partition coefficient (Wildman–Crippen LogP) is 4.30. The Morgan fingerprint density at radius 3 is 2.39 bits per heavy atom. The predicted molar refractivity (Wildman–Crippen MR) is 144 cm³/mol. The molecule has 0 spiro atoms. The Bertz CT molecular complexity index is 1290. The Labute approximate surface area is 239 Å². The number of hydrogen-bond acceptors (Lipinski definition) is 6. The fraction of sp³-hybridized carbons (Fsp3) is 0.556. The van der Waals surface area contributed by atoms with Gasteiger partial charge in [0, 0.05) is 11.5 Å². The van der Waals surface area contributed by atoms with Gasteiger partial charge in [-0.3, -0.25) is 29.0 Å². The zero-order valence-corrected chi connectivity index (χ0v) is 24.6. The fourth-order valence-corrected chi connectivity index (χ4v) is 8.20. The molecule has 2 aliphatic heterocycles. The number of halogens is 3. The number of phenols is 1. The van der Waals surface area contributed by atoms with Crippen molar-refractivity contribution in [3.63, 3.8) is 0 Å². The maximum Gasteiger partial charge on any atom is 0.254 e. The lowest BCUT2D eigenvalue weighted by molar-refractivity contribution is -0.146. The summed E-state index contributed by atoms with van der Waals surface area (Å²) in [5, 5.41) is 10.3. The first kappa shape index (κ1) is 27.5. The zero-order valence-electron chi connectivity index (χ0n) is 21.5. The summed E-state index contributed by atoms with van der Waals surface area (Å²) in [5.41, 5.74) is 0.400. The van der Waals surface area contributed by atoms with Crippen LogP contribution >= 0.6 is 39.1 Å². The van der Waals surface area contributed by atoms with E-state index in [9.17, 15) is 24.3 Å². The van der Waals surface area contributed by atoms with Crippen molar-refractivity contribution in [2.45, 2.75) is 61.7 Å². The highest BCUT2D eigenvalue weighted by atomic mass is 79.9. The van der Waals surface area contributed by atoms with Crippen LogP contribution in [0.1, 0.15) is 52.0 Å². The molecule has 8 nitrogen and oxygen atoms in total. The highest BCUT2D eigenvalue weighted by Gasteiger charge is 2.76. The average molecular weight is 628 g/mol. The van der Waals surface area contributed by atoms with Crippen LogP contribution in [0.3, 0.4) is 0 Å². The number of fused-ring (bicyclic) bond motifs is 4. The second kappa shape index (κ2) is 8.96. The number of hydrogen-bond donors (Lipinski definition) is 1. The summed E-state index contributed by atoms with van der Waals surface area (Å²) in [6.45, 7) is 7.49. The van der Waals surface area contributed by atoms with Gasteiger partial charge in [0.25, 0.3) is 11.8 Å². The summed E-state index contributed by atoms with van der Waals surface area (Å²) >= 11 is 17.6. The van der Waals surface area contributed by atoms with E-state index in [0.29, 0.717) is 17.6 Å². The molecule has 0 radical (unpaired) electrons. The lowest BCUT2D eigenvalue weighted by Crippen LogP contribution is -2.60. The average Bonchev–Trinajstić information content (AvgIpc) is 3.19. The van der Waals surface area contributed by atoms with Gasteiger partial charge in [0.15, 0.2) is 21.2 Å². The first-order valence-corrected chi connectivity index (χ1v) is 14.5. The van der Waals surface area contributed by atoms with Gasteiger partial charge in [0.05, 0.1) is 23.9 Å². The van der Waals surface area contributed by atoms with Gasteiger partial charge in [-0.1, -0.05) is 33.6 Å². The van der Waals surface area contributed by atoms with Crippen LogP contribution in [0.25, 0.3) is 0 Å². The number of allylic oxidation sites excluding steroid dienone is 2. The number of benzene rings is 1. The molecule has 0 bridgehead atoms. The number of alkyl halides is 3. The van der Waals surface area contributed by atoms with E-state index in [1.807, 2.05) is 26.8 Å². The molecule has 2 saturated heterocycles. The van der Waals surface area contributed by atoms with E-state index in [1.54, 1.807) is 19.1 Å².